The van der Waals surface area contributed by atoms with Gasteiger partial charge >= 0.3 is 0 Å². The number of aryl methyl sites for hydroxylation is 1. The summed E-state index contributed by atoms with van der Waals surface area (Å²) < 4.78 is 35.4. The van der Waals surface area contributed by atoms with Crippen LogP contribution in [0.25, 0.3) is 11.3 Å². The van der Waals surface area contributed by atoms with Crippen LogP contribution >= 0.6 is 11.6 Å². The number of carbonyl (C=O) groups excluding carboxylic acids is 2. The zero-order valence-corrected chi connectivity index (χ0v) is 19.6. The first-order valence-corrected chi connectivity index (χ1v) is 11.0. The second-order valence-electron chi connectivity index (χ2n) is 8.30. The molecule has 10 heteroatoms. The molecule has 0 fully saturated rings. The smallest absolute Gasteiger partial charge is 0.240 e. The van der Waals surface area contributed by atoms with Gasteiger partial charge in [0.05, 0.1) is 17.7 Å². The van der Waals surface area contributed by atoms with Crippen molar-refractivity contribution in [1.29, 1.82) is 0 Å². The third kappa shape index (κ3) is 4.61. The first-order valence-electron chi connectivity index (χ1n) is 10.7. The van der Waals surface area contributed by atoms with Crippen molar-refractivity contribution in [2.45, 2.75) is 32.9 Å². The van der Waals surface area contributed by atoms with Crippen LogP contribution in [0.15, 0.2) is 36.4 Å². The number of ether oxygens (including phenoxy) is 1. The molecule has 0 saturated carbocycles. The van der Waals surface area contributed by atoms with Gasteiger partial charge < -0.3 is 10.1 Å². The first-order chi connectivity index (χ1) is 16.2. The molecule has 0 radical (unpaired) electrons. The molecule has 2 amide bonds. The third-order valence-electron chi connectivity index (χ3n) is 5.37. The zero-order valence-electron chi connectivity index (χ0n) is 18.9. The molecule has 2 aromatic carbocycles. The minimum Gasteiger partial charge on any atom is -0.488 e. The summed E-state index contributed by atoms with van der Waals surface area (Å²) in [6.07, 6.45) is -0.451. The molecule has 0 atom stereocenters. The summed E-state index contributed by atoms with van der Waals surface area (Å²) in [5.41, 5.74) is 1.86. The molecule has 0 unspecified atom stereocenters. The van der Waals surface area contributed by atoms with Crippen LogP contribution < -0.4 is 15.0 Å². The fraction of sp³-hybridized carbons (Fsp3) is 0.292. The van der Waals surface area contributed by atoms with E-state index in [1.807, 2.05) is 0 Å². The number of carbonyl (C=O) groups is 2. The molecule has 178 valence electrons. The summed E-state index contributed by atoms with van der Waals surface area (Å²) in [4.78, 5) is 27.1. The molecule has 0 bridgehead atoms. The maximum atomic E-state index is 14.3. The van der Waals surface area contributed by atoms with Gasteiger partial charge in [-0.2, -0.15) is 5.10 Å². The van der Waals surface area contributed by atoms with Crippen LogP contribution in [0.2, 0.25) is 5.02 Å². The van der Waals surface area contributed by atoms with Gasteiger partial charge in [0.1, 0.15) is 18.9 Å². The second-order valence-corrected chi connectivity index (χ2v) is 8.73. The Balaban J connectivity index is 1.76. The highest BCUT2D eigenvalue weighted by molar-refractivity contribution is 6.31. The lowest BCUT2D eigenvalue weighted by Crippen LogP contribution is -2.44. The number of hydrogen-bond acceptors (Lipinski definition) is 4. The maximum Gasteiger partial charge on any atom is 0.240 e. The minimum absolute atomic E-state index is 0.108. The van der Waals surface area contributed by atoms with Crippen LogP contribution in [-0.2, 0) is 29.7 Å². The fourth-order valence-corrected chi connectivity index (χ4v) is 4.11. The van der Waals surface area contributed by atoms with Gasteiger partial charge in [-0.25, -0.2) is 8.78 Å². The Morgan fingerprint density at radius 3 is 2.76 bits per heavy atom. The highest BCUT2D eigenvalue weighted by Crippen LogP contribution is 2.42. The average Bonchev–Trinajstić information content (AvgIpc) is 3.11. The highest BCUT2D eigenvalue weighted by Gasteiger charge is 2.32. The van der Waals surface area contributed by atoms with Crippen molar-refractivity contribution < 1.29 is 23.1 Å². The zero-order chi connectivity index (χ0) is 24.6. The molecular formula is C24H23ClF2N4O3. The lowest BCUT2D eigenvalue weighted by atomic mass is 10.0. The van der Waals surface area contributed by atoms with Crippen molar-refractivity contribution in [2.75, 3.05) is 11.4 Å². The van der Waals surface area contributed by atoms with E-state index in [9.17, 15) is 18.4 Å². The van der Waals surface area contributed by atoms with Gasteiger partial charge in [0.25, 0.3) is 0 Å². The van der Waals surface area contributed by atoms with Crippen LogP contribution in [0.1, 0.15) is 25.0 Å². The van der Waals surface area contributed by atoms with Crippen LogP contribution in [0.5, 0.6) is 5.75 Å². The van der Waals surface area contributed by atoms with Gasteiger partial charge in [-0.05, 0) is 38.1 Å². The number of nitrogens with one attached hydrogen (secondary N) is 1. The molecule has 1 aromatic heterocycles. The monoisotopic (exact) mass is 488 g/mol. The number of nitrogens with zero attached hydrogens (tertiary/aromatic N) is 3. The molecule has 4 rings (SSSR count). The third-order valence-corrected chi connectivity index (χ3v) is 5.61. The van der Waals surface area contributed by atoms with Crippen molar-refractivity contribution >= 4 is 29.2 Å². The van der Waals surface area contributed by atoms with Gasteiger partial charge in [-0.15, -0.1) is 0 Å². The van der Waals surface area contributed by atoms with Gasteiger partial charge in [0, 0.05) is 29.2 Å². The van der Waals surface area contributed by atoms with E-state index in [2.05, 4.69) is 10.4 Å². The van der Waals surface area contributed by atoms with E-state index in [0.29, 0.717) is 27.6 Å². The molecule has 2 heterocycles. The molecule has 0 saturated heterocycles. The van der Waals surface area contributed by atoms with Crippen molar-refractivity contribution in [3.63, 3.8) is 0 Å². The summed E-state index contributed by atoms with van der Waals surface area (Å²) in [7, 11) is 1.71. The van der Waals surface area contributed by atoms with E-state index in [1.54, 1.807) is 43.8 Å². The highest BCUT2D eigenvalue weighted by atomic mass is 35.5. The summed E-state index contributed by atoms with van der Waals surface area (Å²) >= 11 is 6.18. The number of fused-ring (bicyclic) bond motifs is 3. The number of rotatable bonds is 6. The predicted octanol–water partition coefficient (Wildman–Crippen LogP) is 4.01. The minimum atomic E-state index is -1.10. The van der Waals surface area contributed by atoms with Crippen LogP contribution in [0, 0.1) is 11.6 Å². The molecule has 0 aliphatic carbocycles. The Morgan fingerprint density at radius 2 is 2.03 bits per heavy atom. The van der Waals surface area contributed by atoms with E-state index in [0.717, 1.165) is 6.07 Å². The number of benzene rings is 2. The first kappa shape index (κ1) is 23.7. The molecule has 0 spiro atoms. The van der Waals surface area contributed by atoms with Gasteiger partial charge in [0.2, 0.25) is 11.8 Å². The number of amides is 2. The Labute approximate surface area is 200 Å². The second kappa shape index (κ2) is 9.42. The summed E-state index contributed by atoms with van der Waals surface area (Å²) in [6.45, 7) is 3.35. The molecule has 7 nitrogen and oxygen atoms in total. The number of hydrogen-bond donors (Lipinski definition) is 1. The van der Waals surface area contributed by atoms with Crippen molar-refractivity contribution in [1.82, 2.24) is 15.1 Å². The van der Waals surface area contributed by atoms with E-state index in [-0.39, 0.29) is 30.6 Å². The lowest BCUT2D eigenvalue weighted by molar-refractivity contribution is -0.124. The maximum absolute atomic E-state index is 14.3. The SMILES string of the molecule is CC(C)NC(=O)CN(C(=O)Cc1cccc(F)c1F)c1nn(C)c2c1COc1ccc(Cl)cc1-2. The molecule has 1 aliphatic heterocycles. The molecule has 1 aliphatic rings. The summed E-state index contributed by atoms with van der Waals surface area (Å²) in [6, 6.07) is 8.68. The standard InChI is InChI=1S/C24H23ClF2N4O3/c1-13(2)28-20(32)11-31(21(33)9-14-5-4-6-18(26)22(14)27)24-17-12-34-19-8-7-15(25)10-16(19)23(17)30(3)29-24/h4-8,10,13H,9,11-12H2,1-3H3,(H,28,32). The van der Waals surface area contributed by atoms with Crippen LogP contribution in [-0.4, -0.2) is 34.2 Å². The number of anilines is 1. The van der Waals surface area contributed by atoms with Gasteiger partial charge in [-0.3, -0.25) is 19.2 Å². The van der Waals surface area contributed by atoms with E-state index < -0.39 is 29.9 Å². The molecule has 3 aromatic rings. The Hall–Kier alpha value is -3.46. The summed E-state index contributed by atoms with van der Waals surface area (Å²) in [5.74, 6) is -2.35. The van der Waals surface area contributed by atoms with E-state index in [4.69, 9.17) is 16.3 Å². The Kier molecular flexibility index (Phi) is 6.56. The molecular weight excluding hydrogens is 466 g/mol. The topological polar surface area (TPSA) is 76.5 Å². The Bertz CT molecular complexity index is 1280. The van der Waals surface area contributed by atoms with Gasteiger partial charge in [0.15, 0.2) is 17.5 Å². The number of aromatic nitrogens is 2. The van der Waals surface area contributed by atoms with E-state index in [1.165, 1.54) is 17.0 Å². The lowest BCUT2D eigenvalue weighted by Gasteiger charge is -2.24. The molecule has 1 N–H and O–H groups in total. The molecule has 34 heavy (non-hydrogen) atoms. The van der Waals surface area contributed by atoms with Gasteiger partial charge in [-0.1, -0.05) is 23.7 Å². The quantitative estimate of drug-likeness (QED) is 0.569. The van der Waals surface area contributed by atoms with E-state index >= 15 is 0 Å². The fourth-order valence-electron chi connectivity index (χ4n) is 3.94. The van der Waals surface area contributed by atoms with Crippen LogP contribution in [0.4, 0.5) is 14.6 Å². The van der Waals surface area contributed by atoms with Crippen molar-refractivity contribution in [3.8, 4) is 17.0 Å². The average molecular weight is 489 g/mol. The Morgan fingerprint density at radius 1 is 1.26 bits per heavy atom. The largest absolute Gasteiger partial charge is 0.488 e. The van der Waals surface area contributed by atoms with Crippen molar-refractivity contribution in [2.24, 2.45) is 7.05 Å². The van der Waals surface area contributed by atoms with Crippen molar-refractivity contribution in [3.05, 3.63) is 64.2 Å². The summed E-state index contributed by atoms with van der Waals surface area (Å²) in [5, 5.41) is 7.75. The van der Waals surface area contributed by atoms with Crippen LogP contribution in [0.3, 0.4) is 0 Å². The number of halogens is 3. The normalized spacial score (nSPS) is 12.1. The predicted molar refractivity (Wildman–Crippen MR) is 124 cm³/mol.